The van der Waals surface area contributed by atoms with Gasteiger partial charge in [-0.1, -0.05) is 0 Å². The molecule has 6 nitrogen and oxygen atoms in total. The van der Waals surface area contributed by atoms with Gasteiger partial charge in [-0.25, -0.2) is 0 Å². The molecule has 2 aliphatic rings. The summed E-state index contributed by atoms with van der Waals surface area (Å²) >= 11 is 0. The Morgan fingerprint density at radius 3 is 3.10 bits per heavy atom. The minimum absolute atomic E-state index is 0.0388. The second kappa shape index (κ2) is 5.93. The van der Waals surface area contributed by atoms with Gasteiger partial charge in [0.05, 0.1) is 24.5 Å². The number of nitrogens with one attached hydrogen (secondary N) is 1. The summed E-state index contributed by atoms with van der Waals surface area (Å²) in [5.41, 5.74) is 0.622. The molecule has 1 aliphatic heterocycles. The van der Waals surface area contributed by atoms with Gasteiger partial charge in [0, 0.05) is 32.4 Å². The lowest BCUT2D eigenvalue weighted by atomic mass is 10.2. The minimum Gasteiger partial charge on any atom is -0.373 e. The molecule has 0 aromatic carbocycles. The fraction of sp³-hybridized carbons (Fsp3) is 0.714. The molecule has 0 spiro atoms. The number of nitrogens with zero attached hydrogens (tertiary/aromatic N) is 3. The Bertz CT molecular complexity index is 444. The number of likely N-dealkylation sites (N-methyl/N-ethyl adjacent to an activating group) is 1. The number of ether oxygens (including phenoxy) is 1. The van der Waals surface area contributed by atoms with Gasteiger partial charge < -0.3 is 14.5 Å². The van der Waals surface area contributed by atoms with Crippen molar-refractivity contribution in [2.45, 2.75) is 18.9 Å². The van der Waals surface area contributed by atoms with Crippen LogP contribution in [0.4, 0.5) is 0 Å². The average molecular weight is 278 g/mol. The maximum absolute atomic E-state index is 12.3. The third-order valence-corrected chi connectivity index (χ3v) is 3.95. The molecule has 0 bridgehead atoms. The first kappa shape index (κ1) is 13.6. The Hall–Kier alpha value is -1.40. The molecule has 1 aliphatic carbocycles. The van der Waals surface area contributed by atoms with Gasteiger partial charge in [-0.3, -0.25) is 9.89 Å². The van der Waals surface area contributed by atoms with E-state index in [4.69, 9.17) is 4.74 Å². The second-order valence-electron chi connectivity index (χ2n) is 5.90. The van der Waals surface area contributed by atoms with E-state index in [1.165, 1.54) is 12.8 Å². The molecule has 0 unspecified atom stereocenters. The Morgan fingerprint density at radius 2 is 2.40 bits per heavy atom. The molecule has 1 aromatic rings. The quantitative estimate of drug-likeness (QED) is 0.856. The molecule has 1 aromatic heterocycles. The number of H-pyrrole nitrogens is 1. The molecule has 1 saturated heterocycles. The van der Waals surface area contributed by atoms with E-state index < -0.39 is 0 Å². The average Bonchev–Trinajstić information content (AvgIpc) is 3.08. The van der Waals surface area contributed by atoms with Crippen molar-refractivity contribution in [1.82, 2.24) is 20.0 Å². The zero-order chi connectivity index (χ0) is 13.9. The monoisotopic (exact) mass is 278 g/mol. The minimum atomic E-state index is 0.0388. The predicted molar refractivity (Wildman–Crippen MR) is 74.5 cm³/mol. The summed E-state index contributed by atoms with van der Waals surface area (Å²) in [6.45, 7) is 3.98. The number of hydrogen-bond acceptors (Lipinski definition) is 4. The van der Waals surface area contributed by atoms with E-state index in [0.717, 1.165) is 19.0 Å². The third kappa shape index (κ3) is 3.37. The first-order valence-electron chi connectivity index (χ1n) is 7.30. The summed E-state index contributed by atoms with van der Waals surface area (Å²) < 4.78 is 5.79. The summed E-state index contributed by atoms with van der Waals surface area (Å²) in [5.74, 6) is 0.921. The SMILES string of the molecule is CN(CC1CC1)C[C@@H]1CN(C(=O)c2cn[nH]c2)CCO1. The lowest BCUT2D eigenvalue weighted by Crippen LogP contribution is -2.49. The Kier molecular flexibility index (Phi) is 4.03. The highest BCUT2D eigenvalue weighted by atomic mass is 16.5. The standard InChI is InChI=1S/C14H22N4O2/c1-17(8-11-2-3-11)9-13-10-18(4-5-20-13)14(19)12-6-15-16-7-12/h6-7,11,13H,2-5,8-10H2,1H3,(H,15,16)/t13-/m1/s1. The van der Waals surface area contributed by atoms with Crippen LogP contribution in [-0.2, 0) is 4.74 Å². The fourth-order valence-corrected chi connectivity index (χ4v) is 2.73. The lowest BCUT2D eigenvalue weighted by Gasteiger charge is -2.34. The van der Waals surface area contributed by atoms with E-state index in [2.05, 4.69) is 22.1 Å². The van der Waals surface area contributed by atoms with Crippen LogP contribution in [0.1, 0.15) is 23.2 Å². The first-order valence-corrected chi connectivity index (χ1v) is 7.30. The Labute approximate surface area is 119 Å². The Morgan fingerprint density at radius 1 is 1.55 bits per heavy atom. The zero-order valence-electron chi connectivity index (χ0n) is 11.9. The number of aromatic amines is 1. The molecular formula is C14H22N4O2. The predicted octanol–water partition coefficient (Wildman–Crippen LogP) is 0.592. The van der Waals surface area contributed by atoms with Crippen LogP contribution in [0.15, 0.2) is 12.4 Å². The largest absolute Gasteiger partial charge is 0.373 e. The number of carbonyl (C=O) groups is 1. The highest BCUT2D eigenvalue weighted by Gasteiger charge is 2.28. The van der Waals surface area contributed by atoms with Crippen molar-refractivity contribution in [2.24, 2.45) is 5.92 Å². The van der Waals surface area contributed by atoms with Crippen molar-refractivity contribution >= 4 is 5.91 Å². The van der Waals surface area contributed by atoms with E-state index in [-0.39, 0.29) is 12.0 Å². The maximum Gasteiger partial charge on any atom is 0.257 e. The van der Waals surface area contributed by atoms with Crippen molar-refractivity contribution in [3.63, 3.8) is 0 Å². The van der Waals surface area contributed by atoms with Crippen molar-refractivity contribution in [2.75, 3.05) is 39.8 Å². The first-order chi connectivity index (χ1) is 9.72. The number of morpholine rings is 1. The molecule has 110 valence electrons. The van der Waals surface area contributed by atoms with Gasteiger partial charge in [-0.2, -0.15) is 5.10 Å². The zero-order valence-corrected chi connectivity index (χ0v) is 11.9. The number of amides is 1. The van der Waals surface area contributed by atoms with E-state index in [1.807, 2.05) is 4.90 Å². The van der Waals surface area contributed by atoms with Gasteiger partial charge >= 0.3 is 0 Å². The van der Waals surface area contributed by atoms with Gasteiger partial charge in [0.15, 0.2) is 0 Å². The van der Waals surface area contributed by atoms with E-state index in [0.29, 0.717) is 25.3 Å². The van der Waals surface area contributed by atoms with Crippen LogP contribution in [-0.4, -0.2) is 71.8 Å². The van der Waals surface area contributed by atoms with Gasteiger partial charge in [0.1, 0.15) is 0 Å². The van der Waals surface area contributed by atoms with Crippen LogP contribution < -0.4 is 0 Å². The summed E-state index contributed by atoms with van der Waals surface area (Å²) in [5, 5.41) is 6.52. The van der Waals surface area contributed by atoms with Crippen LogP contribution >= 0.6 is 0 Å². The number of hydrogen-bond donors (Lipinski definition) is 1. The smallest absolute Gasteiger partial charge is 0.257 e. The normalized spacial score (nSPS) is 23.3. The molecule has 3 rings (SSSR count). The molecule has 6 heteroatoms. The molecule has 1 N–H and O–H groups in total. The molecule has 2 heterocycles. The van der Waals surface area contributed by atoms with Crippen LogP contribution in [0.3, 0.4) is 0 Å². The number of aromatic nitrogens is 2. The highest BCUT2D eigenvalue weighted by molar-refractivity contribution is 5.93. The van der Waals surface area contributed by atoms with E-state index in [1.54, 1.807) is 12.4 Å². The highest BCUT2D eigenvalue weighted by Crippen LogP contribution is 2.29. The number of carbonyl (C=O) groups excluding carboxylic acids is 1. The summed E-state index contributed by atoms with van der Waals surface area (Å²) in [4.78, 5) is 16.5. The molecule has 1 amide bonds. The van der Waals surface area contributed by atoms with Crippen LogP contribution in [0, 0.1) is 5.92 Å². The Balaban J connectivity index is 1.51. The van der Waals surface area contributed by atoms with E-state index >= 15 is 0 Å². The maximum atomic E-state index is 12.3. The summed E-state index contributed by atoms with van der Waals surface area (Å²) in [7, 11) is 2.14. The molecule has 1 atom stereocenters. The second-order valence-corrected chi connectivity index (χ2v) is 5.90. The lowest BCUT2D eigenvalue weighted by molar-refractivity contribution is -0.0334. The van der Waals surface area contributed by atoms with Crippen molar-refractivity contribution in [3.8, 4) is 0 Å². The van der Waals surface area contributed by atoms with E-state index in [9.17, 15) is 4.79 Å². The van der Waals surface area contributed by atoms with Crippen LogP contribution in [0.25, 0.3) is 0 Å². The van der Waals surface area contributed by atoms with Crippen molar-refractivity contribution in [1.29, 1.82) is 0 Å². The van der Waals surface area contributed by atoms with Gasteiger partial charge in [-0.15, -0.1) is 0 Å². The van der Waals surface area contributed by atoms with Crippen LogP contribution in [0.2, 0.25) is 0 Å². The molecule has 1 saturated carbocycles. The summed E-state index contributed by atoms with van der Waals surface area (Å²) in [6.07, 6.45) is 6.06. The molecular weight excluding hydrogens is 256 g/mol. The molecule has 20 heavy (non-hydrogen) atoms. The number of rotatable bonds is 5. The molecule has 0 radical (unpaired) electrons. The van der Waals surface area contributed by atoms with Crippen molar-refractivity contribution in [3.05, 3.63) is 18.0 Å². The summed E-state index contributed by atoms with van der Waals surface area (Å²) in [6, 6.07) is 0. The van der Waals surface area contributed by atoms with Gasteiger partial charge in [-0.05, 0) is 25.8 Å². The van der Waals surface area contributed by atoms with Crippen molar-refractivity contribution < 1.29 is 9.53 Å². The molecule has 2 fully saturated rings. The third-order valence-electron chi connectivity index (χ3n) is 3.95. The van der Waals surface area contributed by atoms with Gasteiger partial charge in [0.25, 0.3) is 5.91 Å². The topological polar surface area (TPSA) is 61.5 Å². The van der Waals surface area contributed by atoms with Crippen LogP contribution in [0.5, 0.6) is 0 Å². The van der Waals surface area contributed by atoms with Gasteiger partial charge in [0.2, 0.25) is 0 Å². The fourth-order valence-electron chi connectivity index (χ4n) is 2.73.